The highest BCUT2D eigenvalue weighted by Crippen LogP contribution is 2.38. The third-order valence-corrected chi connectivity index (χ3v) is 10.0. The summed E-state index contributed by atoms with van der Waals surface area (Å²) in [5, 5.41) is 4.83. The Morgan fingerprint density at radius 2 is 0.745 bits per heavy atom. The van der Waals surface area contributed by atoms with E-state index in [0.717, 1.165) is 22.3 Å². The molecule has 0 fully saturated rings. The second-order valence-corrected chi connectivity index (χ2v) is 13.6. The van der Waals surface area contributed by atoms with Crippen molar-refractivity contribution in [1.29, 1.82) is 0 Å². The van der Waals surface area contributed by atoms with Crippen molar-refractivity contribution in [2.24, 2.45) is 0 Å². The Labute approximate surface area is 323 Å². The van der Waals surface area contributed by atoms with Crippen LogP contribution in [0.4, 0.5) is 0 Å². The van der Waals surface area contributed by atoms with Gasteiger partial charge in [0, 0.05) is 45.3 Å². The standard InChI is InChI=1S/C47H31N3.C3H8.C2H6/c1-3-9-32(10-4-1)34-15-21-38(22-16-34)49-44-14-8-7-13-40(44)41-29-36(19-25-45(41)49)37-20-26-46-42(30-37)43-31-48-28-27-47(43)50(46)39-23-17-35(18-24-39)33-11-5-2-6-12-33;1-3-2;1-2/h1-31H;3H2,1-2H3;1-2H3. The lowest BCUT2D eigenvalue weighted by Crippen LogP contribution is -1.94. The summed E-state index contributed by atoms with van der Waals surface area (Å²) in [5.41, 5.74) is 14.3. The van der Waals surface area contributed by atoms with Gasteiger partial charge in [-0.25, -0.2) is 0 Å². The lowest BCUT2D eigenvalue weighted by molar-refractivity contribution is 1.09. The quantitative estimate of drug-likeness (QED) is 0.174. The normalized spacial score (nSPS) is 11.0. The lowest BCUT2D eigenvalue weighted by atomic mass is 10.0. The Bertz CT molecular complexity index is 2650. The highest BCUT2D eigenvalue weighted by molar-refractivity contribution is 6.12. The molecule has 0 spiro atoms. The molecule has 55 heavy (non-hydrogen) atoms. The van der Waals surface area contributed by atoms with E-state index < -0.39 is 0 Å². The lowest BCUT2D eigenvalue weighted by Gasteiger charge is -2.10. The van der Waals surface area contributed by atoms with Crippen LogP contribution in [-0.4, -0.2) is 14.1 Å². The Hall–Kier alpha value is -6.71. The molecule has 0 amide bonds. The summed E-state index contributed by atoms with van der Waals surface area (Å²) in [4.78, 5) is 4.54. The van der Waals surface area contributed by atoms with Gasteiger partial charge in [-0.15, -0.1) is 0 Å². The van der Waals surface area contributed by atoms with E-state index in [0.29, 0.717) is 0 Å². The Kier molecular flexibility index (Phi) is 10.1. The van der Waals surface area contributed by atoms with Crippen molar-refractivity contribution < 1.29 is 0 Å². The molecular weight excluding hydrogens is 667 g/mol. The third-order valence-electron chi connectivity index (χ3n) is 10.0. The van der Waals surface area contributed by atoms with E-state index in [1.165, 1.54) is 72.5 Å². The molecular formula is C52H45N3. The number of pyridine rings is 1. The van der Waals surface area contributed by atoms with Crippen LogP contribution >= 0.6 is 0 Å². The average molecular weight is 712 g/mol. The van der Waals surface area contributed by atoms with E-state index in [2.05, 4.69) is 204 Å². The number of hydrogen-bond acceptors (Lipinski definition) is 1. The molecule has 3 heterocycles. The first kappa shape index (κ1) is 35.3. The molecule has 0 aliphatic carbocycles. The highest BCUT2D eigenvalue weighted by Gasteiger charge is 2.16. The van der Waals surface area contributed by atoms with Crippen LogP contribution in [-0.2, 0) is 0 Å². The molecule has 3 aromatic heterocycles. The number of hydrogen-bond donors (Lipinski definition) is 0. The maximum atomic E-state index is 4.54. The topological polar surface area (TPSA) is 22.8 Å². The summed E-state index contributed by atoms with van der Waals surface area (Å²) in [6.07, 6.45) is 5.13. The van der Waals surface area contributed by atoms with Crippen molar-refractivity contribution in [2.45, 2.75) is 34.1 Å². The van der Waals surface area contributed by atoms with Crippen molar-refractivity contribution in [3.8, 4) is 44.8 Å². The summed E-state index contributed by atoms with van der Waals surface area (Å²) >= 11 is 0. The molecule has 0 unspecified atom stereocenters. The fraction of sp³-hybridized carbons (Fsp3) is 0.0962. The number of benzene rings is 7. The summed E-state index contributed by atoms with van der Waals surface area (Å²) in [7, 11) is 0. The second kappa shape index (κ2) is 15.7. The predicted molar refractivity (Wildman–Crippen MR) is 237 cm³/mol. The van der Waals surface area contributed by atoms with Crippen LogP contribution in [0.5, 0.6) is 0 Å². The maximum absolute atomic E-state index is 4.54. The van der Waals surface area contributed by atoms with Crippen molar-refractivity contribution in [3.63, 3.8) is 0 Å². The molecule has 0 bridgehead atoms. The average Bonchev–Trinajstić information content (AvgIpc) is 3.78. The molecule has 0 saturated heterocycles. The SMILES string of the molecule is CC.CCC.c1ccc(-c2ccc(-n3c4ccccc4c4cc(-c5ccc6c(c5)c5cnccc5n6-c5ccc(-c6ccccc6)cc5)ccc43)cc2)cc1. The molecule has 0 atom stereocenters. The third kappa shape index (κ3) is 6.59. The van der Waals surface area contributed by atoms with Gasteiger partial charge in [-0.3, -0.25) is 4.98 Å². The van der Waals surface area contributed by atoms with E-state index in [9.17, 15) is 0 Å². The molecule has 0 radical (unpaired) electrons. The Morgan fingerprint density at radius 1 is 0.364 bits per heavy atom. The van der Waals surface area contributed by atoms with Gasteiger partial charge in [-0.2, -0.15) is 0 Å². The molecule has 268 valence electrons. The van der Waals surface area contributed by atoms with Crippen LogP contribution in [0.1, 0.15) is 34.1 Å². The van der Waals surface area contributed by atoms with Crippen molar-refractivity contribution >= 4 is 43.6 Å². The van der Waals surface area contributed by atoms with Gasteiger partial charge in [-0.05, 0) is 94.0 Å². The van der Waals surface area contributed by atoms with E-state index in [1.54, 1.807) is 0 Å². The molecule has 10 aromatic rings. The number of rotatable bonds is 5. The molecule has 0 aliphatic rings. The summed E-state index contributed by atoms with van der Waals surface area (Å²) in [6, 6.07) is 63.4. The zero-order valence-electron chi connectivity index (χ0n) is 31.9. The van der Waals surface area contributed by atoms with Gasteiger partial charge in [0.05, 0.1) is 22.1 Å². The van der Waals surface area contributed by atoms with Gasteiger partial charge in [-0.1, -0.05) is 149 Å². The first-order valence-electron chi connectivity index (χ1n) is 19.5. The molecule has 3 nitrogen and oxygen atoms in total. The van der Waals surface area contributed by atoms with E-state index in [-0.39, 0.29) is 0 Å². The van der Waals surface area contributed by atoms with Crippen LogP contribution in [0.15, 0.2) is 188 Å². The molecule has 0 N–H and O–H groups in total. The summed E-state index contributed by atoms with van der Waals surface area (Å²) < 4.78 is 4.74. The number of nitrogens with zero attached hydrogens (tertiary/aromatic N) is 3. The largest absolute Gasteiger partial charge is 0.309 e. The van der Waals surface area contributed by atoms with Gasteiger partial charge in [0.25, 0.3) is 0 Å². The fourth-order valence-corrected chi connectivity index (χ4v) is 7.62. The van der Waals surface area contributed by atoms with Crippen LogP contribution < -0.4 is 0 Å². The van der Waals surface area contributed by atoms with Crippen LogP contribution in [0.2, 0.25) is 0 Å². The first-order chi connectivity index (χ1) is 27.2. The van der Waals surface area contributed by atoms with Crippen LogP contribution in [0.25, 0.3) is 88.4 Å². The zero-order valence-corrected chi connectivity index (χ0v) is 31.9. The van der Waals surface area contributed by atoms with Crippen molar-refractivity contribution in [2.75, 3.05) is 0 Å². The van der Waals surface area contributed by atoms with Crippen LogP contribution in [0.3, 0.4) is 0 Å². The Morgan fingerprint density at radius 3 is 1.25 bits per heavy atom. The van der Waals surface area contributed by atoms with Gasteiger partial charge in [0.2, 0.25) is 0 Å². The minimum Gasteiger partial charge on any atom is -0.309 e. The molecule has 10 rings (SSSR count). The van der Waals surface area contributed by atoms with Crippen molar-refractivity contribution in [3.05, 3.63) is 188 Å². The fourth-order valence-electron chi connectivity index (χ4n) is 7.62. The first-order valence-corrected chi connectivity index (χ1v) is 19.5. The zero-order chi connectivity index (χ0) is 37.7. The summed E-state index contributed by atoms with van der Waals surface area (Å²) in [5.74, 6) is 0. The number of fused-ring (bicyclic) bond motifs is 6. The minimum atomic E-state index is 1.13. The van der Waals surface area contributed by atoms with E-state index >= 15 is 0 Å². The van der Waals surface area contributed by atoms with Gasteiger partial charge < -0.3 is 9.13 Å². The Balaban J connectivity index is 0.000000817. The smallest absolute Gasteiger partial charge is 0.0571 e. The van der Waals surface area contributed by atoms with E-state index in [4.69, 9.17) is 0 Å². The van der Waals surface area contributed by atoms with Crippen molar-refractivity contribution in [1.82, 2.24) is 14.1 Å². The van der Waals surface area contributed by atoms with Gasteiger partial charge >= 0.3 is 0 Å². The van der Waals surface area contributed by atoms with Gasteiger partial charge in [0.1, 0.15) is 0 Å². The highest BCUT2D eigenvalue weighted by atomic mass is 15.0. The van der Waals surface area contributed by atoms with Crippen LogP contribution in [0, 0.1) is 0 Å². The molecule has 0 aliphatic heterocycles. The minimum absolute atomic E-state index is 1.13. The number of aromatic nitrogens is 3. The molecule has 0 saturated carbocycles. The molecule has 3 heteroatoms. The van der Waals surface area contributed by atoms with Gasteiger partial charge in [0.15, 0.2) is 0 Å². The monoisotopic (exact) mass is 711 g/mol. The molecule has 7 aromatic carbocycles. The second-order valence-electron chi connectivity index (χ2n) is 13.6. The summed E-state index contributed by atoms with van der Waals surface area (Å²) in [6.45, 7) is 8.25. The maximum Gasteiger partial charge on any atom is 0.0571 e. The number of para-hydroxylation sites is 1. The predicted octanol–water partition coefficient (Wildman–Crippen LogP) is 14.7. The van der Waals surface area contributed by atoms with E-state index in [1.807, 2.05) is 26.2 Å².